The van der Waals surface area contributed by atoms with Crippen LogP contribution in [0.15, 0.2) is 30.3 Å². The summed E-state index contributed by atoms with van der Waals surface area (Å²) in [7, 11) is 0. The summed E-state index contributed by atoms with van der Waals surface area (Å²) < 4.78 is 70.5. The minimum atomic E-state index is -0.357. The van der Waals surface area contributed by atoms with Crippen molar-refractivity contribution in [1.29, 1.82) is 0 Å². The fourth-order valence-corrected chi connectivity index (χ4v) is 3.49. The van der Waals surface area contributed by atoms with Crippen LogP contribution in [-0.2, 0) is 61.6 Å². The summed E-state index contributed by atoms with van der Waals surface area (Å²) in [5.41, 5.74) is 0.525. The lowest BCUT2D eigenvalue weighted by molar-refractivity contribution is -0.0296. The lowest BCUT2D eigenvalue weighted by Crippen LogP contribution is -2.16. The molecule has 0 aromatic heterocycles. The summed E-state index contributed by atoms with van der Waals surface area (Å²) in [6, 6.07) is 8.85. The second kappa shape index (κ2) is 36.5. The van der Waals surface area contributed by atoms with E-state index in [1.165, 1.54) is 0 Å². The highest BCUT2D eigenvalue weighted by Gasteiger charge is 2.05. The van der Waals surface area contributed by atoms with E-state index < -0.39 is 0 Å². The van der Waals surface area contributed by atoms with Crippen molar-refractivity contribution in [3.05, 3.63) is 35.9 Å². The molecule has 1 aromatic carbocycles. The zero-order valence-electron chi connectivity index (χ0n) is 29.2. The van der Waals surface area contributed by atoms with Gasteiger partial charge in [-0.25, -0.2) is 4.79 Å². The number of hydrogen-bond donors (Lipinski definition) is 0. The predicted octanol–water partition coefficient (Wildman–Crippen LogP) is 2.45. The molecule has 0 bridgehead atoms. The molecule has 48 heavy (non-hydrogen) atoms. The quantitative estimate of drug-likeness (QED) is 0.0741. The topological polar surface area (TPSA) is 137 Å². The van der Waals surface area contributed by atoms with E-state index >= 15 is 0 Å². The summed E-state index contributed by atoms with van der Waals surface area (Å²) in [5.74, 6) is -0.357. The van der Waals surface area contributed by atoms with E-state index in [1.807, 2.05) is 19.9 Å². The van der Waals surface area contributed by atoms with E-state index in [-0.39, 0.29) is 18.7 Å². The fraction of sp³-hybridized carbons (Fsp3) is 0.794. The molecular weight excluding hydrogens is 632 g/mol. The smallest absolute Gasteiger partial charge is 0.338 e. The van der Waals surface area contributed by atoms with Gasteiger partial charge in [-0.15, -0.1) is 0 Å². The van der Waals surface area contributed by atoms with Crippen LogP contribution in [0.3, 0.4) is 0 Å². The molecule has 0 heterocycles. The summed E-state index contributed by atoms with van der Waals surface area (Å²) in [5, 5.41) is 0. The third-order valence-electron chi connectivity index (χ3n) is 5.87. The molecule has 0 aliphatic heterocycles. The molecule has 0 aliphatic carbocycles. The molecule has 1 aromatic rings. The van der Waals surface area contributed by atoms with Crippen molar-refractivity contribution in [2.75, 3.05) is 159 Å². The molecule has 0 amide bonds. The Bertz CT molecular complexity index is 786. The van der Waals surface area contributed by atoms with Crippen LogP contribution in [0.1, 0.15) is 24.2 Å². The third-order valence-corrected chi connectivity index (χ3v) is 5.87. The third kappa shape index (κ3) is 32.7. The van der Waals surface area contributed by atoms with Gasteiger partial charge in [0.25, 0.3) is 0 Å². The highest BCUT2D eigenvalue weighted by Crippen LogP contribution is 2.00. The van der Waals surface area contributed by atoms with Gasteiger partial charge < -0.3 is 61.6 Å². The van der Waals surface area contributed by atoms with Gasteiger partial charge >= 0.3 is 5.97 Å². The Morgan fingerprint density at radius 1 is 0.396 bits per heavy atom. The highest BCUT2D eigenvalue weighted by molar-refractivity contribution is 5.89. The SMILES string of the molecule is CC(C)OCCOCCOCCOCCOCCOCCOCCOCCOCCOCCOCCOCCOC(=O)c1ccccc1. The molecule has 14 heteroatoms. The molecule has 0 aliphatic rings. The van der Waals surface area contributed by atoms with Crippen molar-refractivity contribution in [3.63, 3.8) is 0 Å². The summed E-state index contributed by atoms with van der Waals surface area (Å²) >= 11 is 0. The maximum Gasteiger partial charge on any atom is 0.338 e. The zero-order chi connectivity index (χ0) is 34.4. The molecule has 0 unspecified atom stereocenters. The molecule has 0 saturated heterocycles. The number of esters is 1. The largest absolute Gasteiger partial charge is 0.460 e. The van der Waals surface area contributed by atoms with Crippen molar-refractivity contribution < 1.29 is 66.4 Å². The van der Waals surface area contributed by atoms with Crippen molar-refractivity contribution >= 4 is 5.97 Å². The average molecular weight is 693 g/mol. The van der Waals surface area contributed by atoms with Gasteiger partial charge in [-0.1, -0.05) is 18.2 Å². The first-order valence-corrected chi connectivity index (χ1v) is 16.9. The first-order valence-electron chi connectivity index (χ1n) is 16.9. The Morgan fingerprint density at radius 3 is 0.917 bits per heavy atom. The fourth-order valence-electron chi connectivity index (χ4n) is 3.49. The number of rotatable bonds is 38. The lowest BCUT2D eigenvalue weighted by Gasteiger charge is -2.09. The first-order chi connectivity index (χ1) is 23.7. The molecule has 280 valence electrons. The van der Waals surface area contributed by atoms with Gasteiger partial charge in [-0.05, 0) is 26.0 Å². The van der Waals surface area contributed by atoms with E-state index in [4.69, 9.17) is 61.6 Å². The van der Waals surface area contributed by atoms with Crippen LogP contribution in [0.4, 0.5) is 0 Å². The molecule has 14 nitrogen and oxygen atoms in total. The lowest BCUT2D eigenvalue weighted by atomic mass is 10.2. The second-order valence-corrected chi connectivity index (χ2v) is 10.2. The second-order valence-electron chi connectivity index (χ2n) is 10.2. The van der Waals surface area contributed by atoms with Crippen LogP contribution in [0.5, 0.6) is 0 Å². The number of ether oxygens (including phenoxy) is 13. The van der Waals surface area contributed by atoms with Gasteiger partial charge in [-0.3, -0.25) is 0 Å². The minimum absolute atomic E-state index is 0.201. The van der Waals surface area contributed by atoms with Crippen molar-refractivity contribution in [1.82, 2.24) is 0 Å². The van der Waals surface area contributed by atoms with Crippen LogP contribution < -0.4 is 0 Å². The van der Waals surface area contributed by atoms with Crippen LogP contribution >= 0.6 is 0 Å². The predicted molar refractivity (Wildman–Crippen MR) is 177 cm³/mol. The van der Waals surface area contributed by atoms with E-state index in [0.717, 1.165) is 0 Å². The summed E-state index contributed by atoms with van der Waals surface area (Å²) in [4.78, 5) is 11.8. The van der Waals surface area contributed by atoms with E-state index in [1.54, 1.807) is 24.3 Å². The summed E-state index contributed by atoms with van der Waals surface area (Å²) in [6.45, 7) is 15.6. The molecule has 0 spiro atoms. The highest BCUT2D eigenvalue weighted by atomic mass is 16.6. The van der Waals surface area contributed by atoms with Gasteiger partial charge in [0, 0.05) is 0 Å². The van der Waals surface area contributed by atoms with Crippen LogP contribution in [0.25, 0.3) is 0 Å². The van der Waals surface area contributed by atoms with Gasteiger partial charge in [0.05, 0.1) is 164 Å². The number of benzene rings is 1. The number of carbonyl (C=O) groups is 1. The zero-order valence-corrected chi connectivity index (χ0v) is 29.2. The molecule has 1 rings (SSSR count). The normalized spacial score (nSPS) is 11.5. The molecule has 0 atom stereocenters. The van der Waals surface area contributed by atoms with Crippen LogP contribution in [0, 0.1) is 0 Å². The first kappa shape index (κ1) is 44.2. The van der Waals surface area contributed by atoms with Gasteiger partial charge in [0.1, 0.15) is 6.61 Å². The van der Waals surface area contributed by atoms with Crippen molar-refractivity contribution in [2.24, 2.45) is 0 Å². The Balaban J connectivity index is 1.63. The molecule has 0 radical (unpaired) electrons. The van der Waals surface area contributed by atoms with Gasteiger partial charge in [0.15, 0.2) is 0 Å². The van der Waals surface area contributed by atoms with E-state index in [0.29, 0.717) is 158 Å². The van der Waals surface area contributed by atoms with Gasteiger partial charge in [-0.2, -0.15) is 0 Å². The van der Waals surface area contributed by atoms with Gasteiger partial charge in [0.2, 0.25) is 0 Å². The maximum absolute atomic E-state index is 11.8. The Morgan fingerprint density at radius 2 is 0.646 bits per heavy atom. The maximum atomic E-state index is 11.8. The monoisotopic (exact) mass is 692 g/mol. The summed E-state index contributed by atoms with van der Waals surface area (Å²) in [6.07, 6.45) is 0.227. The van der Waals surface area contributed by atoms with Crippen molar-refractivity contribution in [2.45, 2.75) is 20.0 Å². The average Bonchev–Trinajstić information content (AvgIpc) is 3.09. The van der Waals surface area contributed by atoms with E-state index in [2.05, 4.69) is 0 Å². The van der Waals surface area contributed by atoms with Crippen LogP contribution in [0.2, 0.25) is 0 Å². The minimum Gasteiger partial charge on any atom is -0.460 e. The molecular formula is C34H60O14. The van der Waals surface area contributed by atoms with Crippen LogP contribution in [-0.4, -0.2) is 171 Å². The van der Waals surface area contributed by atoms with E-state index in [9.17, 15) is 4.79 Å². The molecule has 0 saturated carbocycles. The number of carbonyl (C=O) groups excluding carboxylic acids is 1. The standard InChI is InChI=1S/C34H60O14/c1-32(2)47-30-28-45-26-24-43-22-20-41-18-16-39-14-12-37-10-8-36-9-11-38-13-15-40-17-19-42-21-23-44-25-27-46-29-31-48-34(35)33-6-4-3-5-7-33/h3-7,32H,8-31H2,1-2H3. The van der Waals surface area contributed by atoms with Crippen molar-refractivity contribution in [3.8, 4) is 0 Å². The molecule has 0 fully saturated rings. The number of hydrogen-bond acceptors (Lipinski definition) is 14. The Kier molecular flexibility index (Phi) is 33.6. The molecule has 0 N–H and O–H groups in total. The Labute approximate surface area is 286 Å². The Hall–Kier alpha value is -1.79.